The number of fused-ring (bicyclic) bond motifs is 2. The number of nitrogens with zero attached hydrogens (tertiary/aromatic N) is 1. The van der Waals surface area contributed by atoms with Crippen molar-refractivity contribution in [3.63, 3.8) is 0 Å². The maximum Gasteiger partial charge on any atom is 0.341 e. The van der Waals surface area contributed by atoms with Gasteiger partial charge in [0.1, 0.15) is 24.3 Å². The lowest BCUT2D eigenvalue weighted by molar-refractivity contribution is -0.116. The highest BCUT2D eigenvalue weighted by molar-refractivity contribution is 7.92. The zero-order valence-electron chi connectivity index (χ0n) is 18.7. The molecule has 9 nitrogen and oxygen atoms in total. The van der Waals surface area contributed by atoms with Gasteiger partial charge < -0.3 is 19.5 Å². The Morgan fingerprint density at radius 2 is 1.85 bits per heavy atom. The predicted molar refractivity (Wildman–Crippen MR) is 125 cm³/mol. The van der Waals surface area contributed by atoms with Crippen molar-refractivity contribution in [3.8, 4) is 11.5 Å². The second kappa shape index (κ2) is 9.22. The summed E-state index contributed by atoms with van der Waals surface area (Å²) in [5, 5.41) is 3.17. The summed E-state index contributed by atoms with van der Waals surface area (Å²) in [5.41, 5.74) is 1.55. The minimum atomic E-state index is -3.83. The van der Waals surface area contributed by atoms with E-state index in [0.29, 0.717) is 35.3 Å². The van der Waals surface area contributed by atoms with Gasteiger partial charge in [0.2, 0.25) is 15.9 Å². The summed E-state index contributed by atoms with van der Waals surface area (Å²) >= 11 is 1.35. The molecule has 2 aromatic rings. The number of anilines is 2. The molecule has 1 aliphatic carbocycles. The molecule has 1 N–H and O–H groups in total. The van der Waals surface area contributed by atoms with Crippen LogP contribution in [-0.4, -0.2) is 52.9 Å². The molecule has 1 aliphatic heterocycles. The first-order valence-corrected chi connectivity index (χ1v) is 13.3. The van der Waals surface area contributed by atoms with Crippen molar-refractivity contribution in [2.24, 2.45) is 0 Å². The molecule has 0 spiro atoms. The molecular formula is C22H26N2O7S2. The molecule has 11 heteroatoms. The first-order chi connectivity index (χ1) is 15.7. The van der Waals surface area contributed by atoms with E-state index < -0.39 is 27.9 Å². The molecule has 33 heavy (non-hydrogen) atoms. The zero-order chi connectivity index (χ0) is 23.8. The maximum absolute atomic E-state index is 13.2. The van der Waals surface area contributed by atoms with Crippen LogP contribution in [0.1, 0.15) is 40.6 Å². The van der Waals surface area contributed by atoms with Crippen LogP contribution in [0.2, 0.25) is 0 Å². The third-order valence-corrected chi connectivity index (χ3v) is 8.12. The summed E-state index contributed by atoms with van der Waals surface area (Å²) in [6.45, 7) is 2.26. The van der Waals surface area contributed by atoms with Crippen LogP contribution in [0.5, 0.6) is 11.5 Å². The molecule has 0 unspecified atom stereocenters. The average Bonchev–Trinajstić information content (AvgIpc) is 3.15. The Morgan fingerprint density at radius 3 is 2.55 bits per heavy atom. The standard InChI is InChI=1S/C22H26N2O7S2/c1-13(24(33(3,27)28)14-8-9-16-17(12-14)31-11-10-30-16)20(25)23-21-19(22(26)29-2)15-6-4-5-7-18(15)32-21/h8-9,12-13H,4-7,10-11H2,1-3H3,(H,23,25)/t13-/m1/s1. The molecule has 4 rings (SSSR count). The van der Waals surface area contributed by atoms with E-state index in [2.05, 4.69) is 5.32 Å². The smallest absolute Gasteiger partial charge is 0.341 e. The predicted octanol–water partition coefficient (Wildman–Crippen LogP) is 2.98. The molecule has 2 heterocycles. The van der Waals surface area contributed by atoms with E-state index in [1.165, 1.54) is 25.4 Å². The number of ether oxygens (including phenoxy) is 3. The van der Waals surface area contributed by atoms with E-state index in [-0.39, 0.29) is 5.69 Å². The molecule has 1 amide bonds. The van der Waals surface area contributed by atoms with E-state index in [9.17, 15) is 18.0 Å². The number of thiophene rings is 1. The number of aryl methyl sites for hydroxylation is 1. The number of benzene rings is 1. The van der Waals surface area contributed by atoms with Crippen molar-refractivity contribution in [1.29, 1.82) is 0 Å². The van der Waals surface area contributed by atoms with Crippen molar-refractivity contribution >= 4 is 43.9 Å². The Bertz CT molecular complexity index is 1190. The van der Waals surface area contributed by atoms with Gasteiger partial charge in [-0.3, -0.25) is 9.10 Å². The van der Waals surface area contributed by atoms with Crippen LogP contribution in [0.4, 0.5) is 10.7 Å². The Balaban J connectivity index is 1.65. The Kier molecular flexibility index (Phi) is 6.53. The number of carbonyl (C=O) groups is 2. The maximum atomic E-state index is 13.2. The van der Waals surface area contributed by atoms with Gasteiger partial charge >= 0.3 is 5.97 Å². The molecule has 0 saturated carbocycles. The Morgan fingerprint density at radius 1 is 1.15 bits per heavy atom. The molecule has 0 fully saturated rings. The molecular weight excluding hydrogens is 468 g/mol. The Labute approximate surface area is 196 Å². The van der Waals surface area contributed by atoms with Crippen molar-refractivity contribution in [2.75, 3.05) is 36.2 Å². The number of nitrogens with one attached hydrogen (secondary N) is 1. The third kappa shape index (κ3) is 4.65. The highest BCUT2D eigenvalue weighted by Gasteiger charge is 2.33. The molecule has 2 aliphatic rings. The van der Waals surface area contributed by atoms with Gasteiger partial charge in [-0.25, -0.2) is 13.2 Å². The molecule has 178 valence electrons. The van der Waals surface area contributed by atoms with Crippen LogP contribution in [0.15, 0.2) is 18.2 Å². The summed E-state index contributed by atoms with van der Waals surface area (Å²) < 4.78 is 42.4. The third-order valence-electron chi connectivity index (χ3n) is 5.67. The minimum absolute atomic E-state index is 0.281. The summed E-state index contributed by atoms with van der Waals surface area (Å²) in [4.78, 5) is 26.7. The van der Waals surface area contributed by atoms with Crippen LogP contribution in [0, 0.1) is 0 Å². The molecule has 0 bridgehead atoms. The SMILES string of the molecule is COC(=O)c1c(NC(=O)[C@@H](C)N(c2ccc3c(c2)OCCO3)S(C)(=O)=O)sc2c1CCCC2. The summed E-state index contributed by atoms with van der Waals surface area (Å²) in [6.07, 6.45) is 4.60. The van der Waals surface area contributed by atoms with E-state index in [1.54, 1.807) is 18.2 Å². The van der Waals surface area contributed by atoms with Gasteiger partial charge in [-0.15, -0.1) is 11.3 Å². The number of methoxy groups -OCH3 is 1. The molecule has 1 atom stereocenters. The number of carbonyl (C=O) groups excluding carboxylic acids is 2. The highest BCUT2D eigenvalue weighted by atomic mass is 32.2. The second-order valence-corrected chi connectivity index (χ2v) is 10.9. The summed E-state index contributed by atoms with van der Waals surface area (Å²) in [7, 11) is -2.52. The van der Waals surface area contributed by atoms with Crippen LogP contribution < -0.4 is 19.1 Å². The van der Waals surface area contributed by atoms with Crippen LogP contribution >= 0.6 is 11.3 Å². The lowest BCUT2D eigenvalue weighted by Gasteiger charge is -2.29. The fourth-order valence-electron chi connectivity index (χ4n) is 4.17. The van der Waals surface area contributed by atoms with E-state index in [4.69, 9.17) is 14.2 Å². The van der Waals surface area contributed by atoms with Crippen molar-refractivity contribution < 1.29 is 32.2 Å². The van der Waals surface area contributed by atoms with E-state index in [1.807, 2.05) is 0 Å². The minimum Gasteiger partial charge on any atom is -0.486 e. The summed E-state index contributed by atoms with van der Waals surface area (Å²) in [5.74, 6) is -0.135. The van der Waals surface area contributed by atoms with Gasteiger partial charge in [0.25, 0.3) is 0 Å². The topological polar surface area (TPSA) is 111 Å². The molecule has 1 aromatic carbocycles. The largest absolute Gasteiger partial charge is 0.486 e. The number of rotatable bonds is 6. The van der Waals surface area contributed by atoms with E-state index in [0.717, 1.165) is 46.7 Å². The molecule has 0 radical (unpaired) electrons. The fraction of sp³-hybridized carbons (Fsp3) is 0.455. The van der Waals surface area contributed by atoms with Crippen molar-refractivity contribution in [3.05, 3.63) is 34.2 Å². The number of hydrogen-bond donors (Lipinski definition) is 1. The lowest BCUT2D eigenvalue weighted by Crippen LogP contribution is -2.45. The number of amides is 1. The van der Waals surface area contributed by atoms with E-state index >= 15 is 0 Å². The monoisotopic (exact) mass is 494 g/mol. The van der Waals surface area contributed by atoms with Gasteiger partial charge in [0.05, 0.1) is 24.6 Å². The zero-order valence-corrected chi connectivity index (χ0v) is 20.3. The molecule has 0 saturated heterocycles. The van der Waals surface area contributed by atoms with Gasteiger partial charge in [-0.2, -0.15) is 0 Å². The number of sulfonamides is 1. The van der Waals surface area contributed by atoms with Crippen molar-refractivity contribution in [1.82, 2.24) is 0 Å². The quantitative estimate of drug-likeness (QED) is 0.615. The highest BCUT2D eigenvalue weighted by Crippen LogP contribution is 2.39. The Hall–Kier alpha value is -2.79. The van der Waals surface area contributed by atoms with Crippen LogP contribution in [0.25, 0.3) is 0 Å². The summed E-state index contributed by atoms with van der Waals surface area (Å²) in [6, 6.07) is 3.65. The first kappa shape index (κ1) is 23.4. The van der Waals surface area contributed by atoms with Gasteiger partial charge in [-0.05, 0) is 50.3 Å². The van der Waals surface area contributed by atoms with Crippen LogP contribution in [-0.2, 0) is 32.4 Å². The second-order valence-electron chi connectivity index (χ2n) is 7.96. The fourth-order valence-corrected chi connectivity index (χ4v) is 6.61. The average molecular weight is 495 g/mol. The number of hydrogen-bond acceptors (Lipinski definition) is 8. The van der Waals surface area contributed by atoms with Crippen molar-refractivity contribution in [2.45, 2.75) is 38.6 Å². The van der Waals surface area contributed by atoms with Gasteiger partial charge in [0.15, 0.2) is 11.5 Å². The number of esters is 1. The molecule has 1 aromatic heterocycles. The van der Waals surface area contributed by atoms with Gasteiger partial charge in [-0.1, -0.05) is 0 Å². The normalized spacial score (nSPS) is 15.8. The van der Waals surface area contributed by atoms with Gasteiger partial charge in [0, 0.05) is 10.9 Å². The first-order valence-electron chi connectivity index (χ1n) is 10.6. The lowest BCUT2D eigenvalue weighted by atomic mass is 9.95. The van der Waals surface area contributed by atoms with Crippen LogP contribution in [0.3, 0.4) is 0 Å².